The van der Waals surface area contributed by atoms with E-state index in [1.54, 1.807) is 6.20 Å². The molecule has 0 aliphatic carbocycles. The minimum Gasteiger partial charge on any atom is -0.388 e. The average molecular weight is 251 g/mol. The number of aryl methyl sites for hydroxylation is 2. The Morgan fingerprint density at radius 1 is 1.33 bits per heavy atom. The normalized spacial score (nSPS) is 18.7. The lowest BCUT2D eigenvalue weighted by Gasteiger charge is -2.35. The molecule has 2 rings (SSSR count). The molecule has 5 nitrogen and oxygen atoms in total. The van der Waals surface area contributed by atoms with Gasteiger partial charge in [-0.2, -0.15) is 0 Å². The molecule has 0 saturated carbocycles. The molecule has 0 aromatic carbocycles. The zero-order valence-corrected chi connectivity index (χ0v) is 11.3. The maximum absolute atomic E-state index is 10.5. The topological polar surface area (TPSA) is 58.5 Å². The molecule has 1 aliphatic heterocycles. The molecule has 5 heteroatoms. The van der Waals surface area contributed by atoms with Crippen molar-refractivity contribution in [2.24, 2.45) is 0 Å². The Morgan fingerprint density at radius 2 is 2.00 bits per heavy atom. The molecule has 1 saturated heterocycles. The van der Waals surface area contributed by atoms with Crippen LogP contribution in [0.25, 0.3) is 0 Å². The SMILES string of the molecule is Cc1ncc(N(C)CC2(O)CCOCC2)nc1C. The Morgan fingerprint density at radius 3 is 2.61 bits per heavy atom. The third-order valence-electron chi connectivity index (χ3n) is 3.53. The Hall–Kier alpha value is -1.20. The van der Waals surface area contributed by atoms with E-state index in [2.05, 4.69) is 9.97 Å². The molecule has 1 N–H and O–H groups in total. The summed E-state index contributed by atoms with van der Waals surface area (Å²) in [5.41, 5.74) is 1.20. The standard InChI is InChI=1S/C13H21N3O2/c1-10-11(2)15-12(8-14-10)16(3)9-13(17)4-6-18-7-5-13/h8,17H,4-7,9H2,1-3H3. The van der Waals surface area contributed by atoms with E-state index >= 15 is 0 Å². The number of hydrogen-bond donors (Lipinski definition) is 1. The first-order chi connectivity index (χ1) is 8.50. The van der Waals surface area contributed by atoms with Gasteiger partial charge >= 0.3 is 0 Å². The van der Waals surface area contributed by atoms with E-state index in [1.807, 2.05) is 25.8 Å². The maximum atomic E-state index is 10.5. The highest BCUT2D eigenvalue weighted by Crippen LogP contribution is 2.23. The summed E-state index contributed by atoms with van der Waals surface area (Å²) in [6, 6.07) is 0. The molecule has 1 aliphatic rings. The number of likely N-dealkylation sites (N-methyl/N-ethyl adjacent to an activating group) is 1. The van der Waals surface area contributed by atoms with Crippen LogP contribution < -0.4 is 4.90 Å². The molecule has 1 aromatic heterocycles. The molecular weight excluding hydrogens is 230 g/mol. The van der Waals surface area contributed by atoms with Gasteiger partial charge in [0.05, 0.1) is 23.2 Å². The van der Waals surface area contributed by atoms with Gasteiger partial charge < -0.3 is 14.7 Å². The summed E-state index contributed by atoms with van der Waals surface area (Å²) < 4.78 is 5.28. The second-order valence-corrected chi connectivity index (χ2v) is 5.09. The summed E-state index contributed by atoms with van der Waals surface area (Å²) in [7, 11) is 1.94. The highest BCUT2D eigenvalue weighted by molar-refractivity contribution is 5.37. The van der Waals surface area contributed by atoms with E-state index < -0.39 is 5.60 Å². The summed E-state index contributed by atoms with van der Waals surface area (Å²) in [5.74, 6) is 0.804. The lowest BCUT2D eigenvalue weighted by molar-refractivity contribution is -0.0573. The van der Waals surface area contributed by atoms with E-state index in [-0.39, 0.29) is 0 Å². The molecule has 0 atom stereocenters. The lowest BCUT2D eigenvalue weighted by Crippen LogP contribution is -2.46. The molecule has 100 valence electrons. The minimum atomic E-state index is -0.673. The van der Waals surface area contributed by atoms with Crippen LogP contribution in [0.3, 0.4) is 0 Å². The van der Waals surface area contributed by atoms with Crippen molar-refractivity contribution in [2.45, 2.75) is 32.3 Å². The van der Waals surface area contributed by atoms with Crippen LogP contribution in [0, 0.1) is 13.8 Å². The third kappa shape index (κ3) is 2.97. The number of anilines is 1. The number of aliphatic hydroxyl groups is 1. The van der Waals surface area contributed by atoms with E-state index in [1.165, 1.54) is 0 Å². The highest BCUT2D eigenvalue weighted by Gasteiger charge is 2.31. The molecular formula is C13H21N3O2. The van der Waals surface area contributed by atoms with Crippen molar-refractivity contribution in [1.29, 1.82) is 0 Å². The van der Waals surface area contributed by atoms with Crippen molar-refractivity contribution >= 4 is 5.82 Å². The van der Waals surface area contributed by atoms with Crippen molar-refractivity contribution in [3.63, 3.8) is 0 Å². The smallest absolute Gasteiger partial charge is 0.147 e. The number of ether oxygens (including phenoxy) is 1. The van der Waals surface area contributed by atoms with Crippen molar-refractivity contribution < 1.29 is 9.84 Å². The molecule has 2 heterocycles. The second kappa shape index (κ2) is 5.20. The fourth-order valence-corrected chi connectivity index (χ4v) is 2.15. The van der Waals surface area contributed by atoms with Crippen LogP contribution in [0.2, 0.25) is 0 Å². The molecule has 0 unspecified atom stereocenters. The largest absolute Gasteiger partial charge is 0.388 e. The zero-order chi connectivity index (χ0) is 13.2. The Bertz CT molecular complexity index is 417. The van der Waals surface area contributed by atoms with Crippen molar-refractivity contribution in [2.75, 3.05) is 31.7 Å². The summed E-state index contributed by atoms with van der Waals surface area (Å²) in [6.45, 7) is 5.71. The van der Waals surface area contributed by atoms with Crippen LogP contribution >= 0.6 is 0 Å². The molecule has 0 radical (unpaired) electrons. The zero-order valence-electron chi connectivity index (χ0n) is 11.3. The summed E-state index contributed by atoms with van der Waals surface area (Å²) in [6.07, 6.45) is 3.11. The average Bonchev–Trinajstić information content (AvgIpc) is 2.33. The van der Waals surface area contributed by atoms with Gasteiger partial charge in [0, 0.05) is 39.6 Å². The fourth-order valence-electron chi connectivity index (χ4n) is 2.15. The summed E-state index contributed by atoms with van der Waals surface area (Å²) in [5, 5.41) is 10.5. The molecule has 0 bridgehead atoms. The van der Waals surface area contributed by atoms with Crippen molar-refractivity contribution in [3.8, 4) is 0 Å². The fraction of sp³-hybridized carbons (Fsp3) is 0.692. The van der Waals surface area contributed by atoms with Crippen LogP contribution in [-0.2, 0) is 4.74 Å². The highest BCUT2D eigenvalue weighted by atomic mass is 16.5. The lowest BCUT2D eigenvalue weighted by atomic mass is 9.94. The molecule has 18 heavy (non-hydrogen) atoms. The Kier molecular flexibility index (Phi) is 3.82. The first-order valence-corrected chi connectivity index (χ1v) is 6.32. The summed E-state index contributed by atoms with van der Waals surface area (Å²) in [4.78, 5) is 10.8. The minimum absolute atomic E-state index is 0.563. The van der Waals surface area contributed by atoms with Crippen LogP contribution in [0.5, 0.6) is 0 Å². The maximum Gasteiger partial charge on any atom is 0.147 e. The third-order valence-corrected chi connectivity index (χ3v) is 3.53. The predicted molar refractivity (Wildman–Crippen MR) is 69.8 cm³/mol. The number of hydrogen-bond acceptors (Lipinski definition) is 5. The Balaban J connectivity index is 2.06. The van der Waals surface area contributed by atoms with Gasteiger partial charge in [-0.1, -0.05) is 0 Å². The van der Waals surface area contributed by atoms with Gasteiger partial charge in [-0.25, -0.2) is 4.98 Å². The van der Waals surface area contributed by atoms with Gasteiger partial charge in [0.15, 0.2) is 0 Å². The van der Waals surface area contributed by atoms with Gasteiger partial charge in [-0.05, 0) is 13.8 Å². The van der Waals surface area contributed by atoms with E-state index in [0.717, 1.165) is 17.2 Å². The van der Waals surface area contributed by atoms with Gasteiger partial charge in [0.2, 0.25) is 0 Å². The monoisotopic (exact) mass is 251 g/mol. The van der Waals surface area contributed by atoms with Crippen molar-refractivity contribution in [3.05, 3.63) is 17.6 Å². The summed E-state index contributed by atoms with van der Waals surface area (Å²) >= 11 is 0. The van der Waals surface area contributed by atoms with Crippen LogP contribution in [0.1, 0.15) is 24.2 Å². The number of aromatic nitrogens is 2. The van der Waals surface area contributed by atoms with Crippen LogP contribution in [0.15, 0.2) is 6.20 Å². The van der Waals surface area contributed by atoms with Crippen molar-refractivity contribution in [1.82, 2.24) is 9.97 Å². The first-order valence-electron chi connectivity index (χ1n) is 6.32. The van der Waals surface area contributed by atoms with Gasteiger partial charge in [-0.15, -0.1) is 0 Å². The van der Waals surface area contributed by atoms with E-state index in [0.29, 0.717) is 32.6 Å². The van der Waals surface area contributed by atoms with Gasteiger partial charge in [0.1, 0.15) is 5.82 Å². The van der Waals surface area contributed by atoms with E-state index in [4.69, 9.17) is 4.74 Å². The van der Waals surface area contributed by atoms with Gasteiger partial charge in [0.25, 0.3) is 0 Å². The quantitative estimate of drug-likeness (QED) is 0.871. The van der Waals surface area contributed by atoms with Crippen LogP contribution in [0.4, 0.5) is 5.82 Å². The predicted octanol–water partition coefficient (Wildman–Crippen LogP) is 1.07. The number of rotatable bonds is 3. The molecule has 0 amide bonds. The molecule has 1 aromatic rings. The first kappa shape index (κ1) is 13.2. The number of nitrogens with zero attached hydrogens (tertiary/aromatic N) is 3. The van der Waals surface area contributed by atoms with Crippen LogP contribution in [-0.4, -0.2) is 47.5 Å². The van der Waals surface area contributed by atoms with Gasteiger partial charge in [-0.3, -0.25) is 4.98 Å². The Labute approximate surface area is 108 Å². The molecule has 1 fully saturated rings. The van der Waals surface area contributed by atoms with E-state index in [9.17, 15) is 5.11 Å². The second-order valence-electron chi connectivity index (χ2n) is 5.09. The molecule has 0 spiro atoms.